The van der Waals surface area contributed by atoms with E-state index in [1.54, 1.807) is 19.1 Å². The minimum absolute atomic E-state index is 0.0845. The van der Waals surface area contributed by atoms with Crippen LogP contribution in [-0.4, -0.2) is 49.7 Å². The molecule has 0 aliphatic heterocycles. The highest BCUT2D eigenvalue weighted by Gasteiger charge is 2.14. The summed E-state index contributed by atoms with van der Waals surface area (Å²) >= 11 is 0. The number of nitrogens with one attached hydrogen (secondary N) is 1. The summed E-state index contributed by atoms with van der Waals surface area (Å²) in [5, 5.41) is 2.76. The standard InChI is InChI=1S/C12H21N5O2/c1-4-9-11(13)15-8-16-12(9)17(2)7-10(18)14-5-6-19-3/h8H,4-7H2,1-3H3,(H,14,18)(H2,13,15,16). The first kappa shape index (κ1) is 15.2. The lowest BCUT2D eigenvalue weighted by Crippen LogP contribution is -2.37. The molecular formula is C12H21N5O2. The largest absolute Gasteiger partial charge is 0.383 e. The lowest BCUT2D eigenvalue weighted by molar-refractivity contribution is -0.119. The number of carbonyl (C=O) groups is 1. The van der Waals surface area contributed by atoms with Crippen LogP contribution in [0.2, 0.25) is 0 Å². The van der Waals surface area contributed by atoms with Crippen molar-refractivity contribution >= 4 is 17.5 Å². The van der Waals surface area contributed by atoms with E-state index in [-0.39, 0.29) is 12.5 Å². The molecule has 7 nitrogen and oxygen atoms in total. The van der Waals surface area contributed by atoms with Crippen molar-refractivity contribution in [1.29, 1.82) is 0 Å². The Hall–Kier alpha value is -1.89. The molecule has 106 valence electrons. The van der Waals surface area contributed by atoms with Crippen LogP contribution in [0.4, 0.5) is 11.6 Å². The molecule has 1 aromatic heterocycles. The molecule has 0 saturated heterocycles. The summed E-state index contributed by atoms with van der Waals surface area (Å²) in [6.07, 6.45) is 2.13. The van der Waals surface area contributed by atoms with Crippen molar-refractivity contribution in [2.75, 3.05) is 44.5 Å². The van der Waals surface area contributed by atoms with Crippen LogP contribution in [-0.2, 0) is 16.0 Å². The molecule has 0 atom stereocenters. The SMILES string of the molecule is CCc1c(N)ncnc1N(C)CC(=O)NCCOC. The third-order valence-corrected chi connectivity index (χ3v) is 2.68. The second-order valence-electron chi connectivity index (χ2n) is 4.11. The molecule has 0 aromatic carbocycles. The third-order valence-electron chi connectivity index (χ3n) is 2.68. The van der Waals surface area contributed by atoms with Crippen LogP contribution in [0.1, 0.15) is 12.5 Å². The Morgan fingerprint density at radius 2 is 2.26 bits per heavy atom. The minimum atomic E-state index is -0.0845. The molecule has 7 heteroatoms. The van der Waals surface area contributed by atoms with Gasteiger partial charge in [-0.15, -0.1) is 0 Å². The van der Waals surface area contributed by atoms with E-state index in [1.807, 2.05) is 6.92 Å². The second-order valence-corrected chi connectivity index (χ2v) is 4.11. The van der Waals surface area contributed by atoms with Gasteiger partial charge in [-0.2, -0.15) is 0 Å². The van der Waals surface area contributed by atoms with E-state index in [0.29, 0.717) is 24.8 Å². The van der Waals surface area contributed by atoms with E-state index >= 15 is 0 Å². The van der Waals surface area contributed by atoms with Gasteiger partial charge < -0.3 is 20.7 Å². The summed E-state index contributed by atoms with van der Waals surface area (Å²) in [5.74, 6) is 1.06. The zero-order valence-electron chi connectivity index (χ0n) is 11.6. The van der Waals surface area contributed by atoms with Gasteiger partial charge in [0.05, 0.1) is 13.2 Å². The molecule has 0 aliphatic carbocycles. The summed E-state index contributed by atoms with van der Waals surface area (Å²) < 4.78 is 4.87. The monoisotopic (exact) mass is 267 g/mol. The Kier molecular flexibility index (Phi) is 6.01. The van der Waals surface area contributed by atoms with Gasteiger partial charge in [-0.3, -0.25) is 4.79 Å². The number of aromatic nitrogens is 2. The quantitative estimate of drug-likeness (QED) is 0.666. The molecule has 1 rings (SSSR count). The molecule has 0 unspecified atom stereocenters. The number of anilines is 2. The van der Waals surface area contributed by atoms with Crippen molar-refractivity contribution in [3.63, 3.8) is 0 Å². The van der Waals surface area contributed by atoms with Crippen molar-refractivity contribution in [3.8, 4) is 0 Å². The molecule has 3 N–H and O–H groups in total. The number of carbonyl (C=O) groups excluding carboxylic acids is 1. The van der Waals surface area contributed by atoms with E-state index in [0.717, 1.165) is 12.0 Å². The van der Waals surface area contributed by atoms with Gasteiger partial charge in [-0.05, 0) is 6.42 Å². The van der Waals surface area contributed by atoms with Gasteiger partial charge in [0.15, 0.2) is 0 Å². The van der Waals surface area contributed by atoms with Gasteiger partial charge in [-0.1, -0.05) is 6.92 Å². The molecule has 0 fully saturated rings. The van der Waals surface area contributed by atoms with Crippen molar-refractivity contribution in [2.45, 2.75) is 13.3 Å². The first-order chi connectivity index (χ1) is 9.10. The smallest absolute Gasteiger partial charge is 0.239 e. The third kappa shape index (κ3) is 4.36. The summed E-state index contributed by atoms with van der Waals surface area (Å²) in [6, 6.07) is 0. The van der Waals surface area contributed by atoms with Crippen LogP contribution in [0.5, 0.6) is 0 Å². The van der Waals surface area contributed by atoms with Crippen LogP contribution in [0, 0.1) is 0 Å². The fraction of sp³-hybridized carbons (Fsp3) is 0.583. The molecular weight excluding hydrogens is 246 g/mol. The Labute approximate surface area is 113 Å². The minimum Gasteiger partial charge on any atom is -0.383 e. The Morgan fingerprint density at radius 1 is 1.53 bits per heavy atom. The van der Waals surface area contributed by atoms with Gasteiger partial charge in [-0.25, -0.2) is 9.97 Å². The number of nitrogens with two attached hydrogens (primary N) is 1. The van der Waals surface area contributed by atoms with Crippen LogP contribution in [0.15, 0.2) is 6.33 Å². The maximum atomic E-state index is 11.7. The predicted octanol–water partition coefficient (Wildman–Crippen LogP) is -0.180. The van der Waals surface area contributed by atoms with E-state index in [2.05, 4.69) is 15.3 Å². The second kappa shape index (κ2) is 7.52. The first-order valence-corrected chi connectivity index (χ1v) is 6.16. The highest BCUT2D eigenvalue weighted by atomic mass is 16.5. The number of nitrogens with zero attached hydrogens (tertiary/aromatic N) is 3. The maximum absolute atomic E-state index is 11.7. The van der Waals surface area contributed by atoms with Gasteiger partial charge in [0.25, 0.3) is 0 Å². The van der Waals surface area contributed by atoms with Crippen molar-refractivity contribution in [1.82, 2.24) is 15.3 Å². The molecule has 0 radical (unpaired) electrons. The number of hydrogen-bond acceptors (Lipinski definition) is 6. The summed E-state index contributed by atoms with van der Waals surface area (Å²) in [7, 11) is 3.40. The van der Waals surface area contributed by atoms with Crippen LogP contribution in [0.25, 0.3) is 0 Å². The highest BCUT2D eigenvalue weighted by molar-refractivity contribution is 5.81. The number of nitrogen functional groups attached to an aromatic ring is 1. The molecule has 0 spiro atoms. The lowest BCUT2D eigenvalue weighted by atomic mass is 10.2. The number of ether oxygens (including phenoxy) is 1. The lowest BCUT2D eigenvalue weighted by Gasteiger charge is -2.20. The normalized spacial score (nSPS) is 10.3. The molecule has 1 amide bonds. The molecule has 1 aromatic rings. The number of methoxy groups -OCH3 is 1. The molecule has 1 heterocycles. The van der Waals surface area contributed by atoms with Gasteiger partial charge in [0, 0.05) is 26.3 Å². The molecule has 0 aliphatic rings. The maximum Gasteiger partial charge on any atom is 0.239 e. The average molecular weight is 267 g/mol. The fourth-order valence-electron chi connectivity index (χ4n) is 1.72. The Balaban J connectivity index is 2.65. The van der Waals surface area contributed by atoms with E-state index in [4.69, 9.17) is 10.5 Å². The van der Waals surface area contributed by atoms with Crippen LogP contribution >= 0.6 is 0 Å². The number of amides is 1. The van der Waals surface area contributed by atoms with Crippen LogP contribution in [0.3, 0.4) is 0 Å². The predicted molar refractivity (Wildman–Crippen MR) is 74.0 cm³/mol. The number of likely N-dealkylation sites (N-methyl/N-ethyl adjacent to an activating group) is 1. The Morgan fingerprint density at radius 3 is 2.89 bits per heavy atom. The van der Waals surface area contributed by atoms with E-state index in [9.17, 15) is 4.79 Å². The van der Waals surface area contributed by atoms with E-state index < -0.39 is 0 Å². The van der Waals surface area contributed by atoms with Crippen molar-refractivity contribution < 1.29 is 9.53 Å². The van der Waals surface area contributed by atoms with Gasteiger partial charge in [0.2, 0.25) is 5.91 Å². The molecule has 0 bridgehead atoms. The van der Waals surface area contributed by atoms with Crippen LogP contribution < -0.4 is 16.0 Å². The molecule has 0 saturated carbocycles. The Bertz CT molecular complexity index is 425. The highest BCUT2D eigenvalue weighted by Crippen LogP contribution is 2.20. The van der Waals surface area contributed by atoms with Crippen molar-refractivity contribution in [2.24, 2.45) is 0 Å². The summed E-state index contributed by atoms with van der Waals surface area (Å²) in [4.78, 5) is 21.6. The number of hydrogen-bond donors (Lipinski definition) is 2. The summed E-state index contributed by atoms with van der Waals surface area (Å²) in [6.45, 7) is 3.18. The van der Waals surface area contributed by atoms with Crippen molar-refractivity contribution in [3.05, 3.63) is 11.9 Å². The summed E-state index contributed by atoms with van der Waals surface area (Å²) in [5.41, 5.74) is 6.66. The number of rotatable bonds is 7. The first-order valence-electron chi connectivity index (χ1n) is 6.16. The van der Waals surface area contributed by atoms with Gasteiger partial charge >= 0.3 is 0 Å². The van der Waals surface area contributed by atoms with Gasteiger partial charge in [0.1, 0.15) is 18.0 Å². The topological polar surface area (TPSA) is 93.4 Å². The molecule has 19 heavy (non-hydrogen) atoms. The zero-order valence-corrected chi connectivity index (χ0v) is 11.6. The average Bonchev–Trinajstić information content (AvgIpc) is 2.38. The van der Waals surface area contributed by atoms with E-state index in [1.165, 1.54) is 6.33 Å². The fourth-order valence-corrected chi connectivity index (χ4v) is 1.72. The zero-order chi connectivity index (χ0) is 14.3.